The molecule has 2 amide bonds. The van der Waals surface area contributed by atoms with Crippen LogP contribution in [-0.2, 0) is 16.0 Å². The molecule has 2 N–H and O–H groups in total. The Labute approximate surface area is 277 Å². The zero-order valence-electron chi connectivity index (χ0n) is 28.1. The first-order chi connectivity index (χ1) is 22.6. The summed E-state index contributed by atoms with van der Waals surface area (Å²) in [5, 5.41) is 5.60. The molecule has 0 aliphatic rings. The number of amides is 2. The molecule has 47 heavy (non-hydrogen) atoms. The molecular weight excluding hydrogens is 598 g/mol. The molecule has 0 heterocycles. The van der Waals surface area contributed by atoms with E-state index >= 15 is 0 Å². The first kappa shape index (κ1) is 36.8. The van der Waals surface area contributed by atoms with Gasteiger partial charge in [-0.2, -0.15) is 0 Å². The number of carbonyl (C=O) groups excluding carboxylic acids is 4. The van der Waals surface area contributed by atoms with Crippen molar-refractivity contribution in [2.24, 2.45) is 0 Å². The highest BCUT2D eigenvalue weighted by Gasteiger charge is 2.21. The van der Waals surface area contributed by atoms with Gasteiger partial charge in [0.05, 0.1) is 25.3 Å². The molecule has 3 rings (SSSR count). The Morgan fingerprint density at radius 2 is 1.51 bits per heavy atom. The van der Waals surface area contributed by atoms with Crippen LogP contribution in [0.15, 0.2) is 66.7 Å². The number of ether oxygens (including phenoxy) is 3. The minimum atomic E-state index is -0.803. The van der Waals surface area contributed by atoms with Crippen molar-refractivity contribution >= 4 is 29.3 Å². The van der Waals surface area contributed by atoms with Gasteiger partial charge in [-0.3, -0.25) is 14.4 Å². The summed E-state index contributed by atoms with van der Waals surface area (Å²) in [6.45, 7) is 4.86. The Morgan fingerprint density at radius 1 is 0.830 bits per heavy atom. The van der Waals surface area contributed by atoms with Crippen LogP contribution in [0.4, 0.5) is 5.69 Å². The number of nitrogens with zero attached hydrogens (tertiary/aromatic N) is 1. The van der Waals surface area contributed by atoms with Crippen LogP contribution >= 0.6 is 0 Å². The zero-order valence-corrected chi connectivity index (χ0v) is 28.1. The molecule has 0 aliphatic carbocycles. The van der Waals surface area contributed by atoms with Gasteiger partial charge in [-0.05, 0) is 100 Å². The summed E-state index contributed by atoms with van der Waals surface area (Å²) in [5.41, 5.74) is 2.00. The lowest BCUT2D eigenvalue weighted by Crippen LogP contribution is -2.41. The molecule has 0 saturated heterocycles. The van der Waals surface area contributed by atoms with Gasteiger partial charge in [0.25, 0.3) is 5.91 Å². The Morgan fingerprint density at radius 3 is 2.15 bits per heavy atom. The number of hydrogen-bond donors (Lipinski definition) is 2. The fourth-order valence-electron chi connectivity index (χ4n) is 4.69. The average Bonchev–Trinajstić information content (AvgIpc) is 3.06. The van der Waals surface area contributed by atoms with Crippen LogP contribution in [0.3, 0.4) is 0 Å². The average molecular weight is 646 g/mol. The van der Waals surface area contributed by atoms with E-state index in [4.69, 9.17) is 14.2 Å². The van der Waals surface area contributed by atoms with E-state index in [1.54, 1.807) is 66.7 Å². The minimum absolute atomic E-state index is 0.119. The number of unbranched alkanes of at least 4 members (excludes halogenated alkanes) is 4. The second kappa shape index (κ2) is 19.1. The van der Waals surface area contributed by atoms with E-state index in [9.17, 15) is 19.2 Å². The number of hydrogen-bond acceptors (Lipinski definition) is 8. The van der Waals surface area contributed by atoms with Gasteiger partial charge in [-0.15, -0.1) is 0 Å². The molecule has 0 radical (unpaired) electrons. The van der Waals surface area contributed by atoms with E-state index in [0.717, 1.165) is 12.8 Å². The van der Waals surface area contributed by atoms with Crippen molar-refractivity contribution in [3.63, 3.8) is 0 Å². The maximum atomic E-state index is 13.0. The number of esters is 1. The summed E-state index contributed by atoms with van der Waals surface area (Å²) in [7, 11) is 5.25. The molecule has 0 saturated carbocycles. The van der Waals surface area contributed by atoms with Gasteiger partial charge in [-0.25, -0.2) is 4.79 Å². The van der Waals surface area contributed by atoms with Gasteiger partial charge in [0, 0.05) is 24.2 Å². The third-order valence-electron chi connectivity index (χ3n) is 7.49. The largest absolute Gasteiger partial charge is 0.494 e. The van der Waals surface area contributed by atoms with Gasteiger partial charge in [0.15, 0.2) is 17.3 Å². The third kappa shape index (κ3) is 12.5. The molecule has 0 aliphatic heterocycles. The standard InChI is InChI=1S/C37H47N3O7/c1-6-7-8-9-10-23-46-31-18-14-29(15-19-31)37(44)47-33-20-11-27(25-34(33)45-5)24-32(26(2)41)39-36(43)28-12-16-30(17-13-28)38-35(42)21-22-40(3)4/h11-20,25,32H,6-10,21-24H2,1-5H3,(H,38,42)(H,39,43). The lowest BCUT2D eigenvalue weighted by molar-refractivity contribution is -0.119. The van der Waals surface area contributed by atoms with Crippen LogP contribution in [0.25, 0.3) is 0 Å². The Balaban J connectivity index is 1.56. The number of ketones is 1. The molecule has 10 heteroatoms. The fourth-order valence-corrected chi connectivity index (χ4v) is 4.69. The summed E-state index contributed by atoms with van der Waals surface area (Å²) >= 11 is 0. The number of methoxy groups -OCH3 is 1. The van der Waals surface area contributed by atoms with Crippen molar-refractivity contribution in [1.82, 2.24) is 10.2 Å². The molecule has 1 unspecified atom stereocenters. The second-order valence-corrected chi connectivity index (χ2v) is 11.7. The summed E-state index contributed by atoms with van der Waals surface area (Å²) in [6.07, 6.45) is 6.33. The molecule has 0 aromatic heterocycles. The quantitative estimate of drug-likeness (QED) is 0.0913. The van der Waals surface area contributed by atoms with Gasteiger partial charge in [0.1, 0.15) is 5.75 Å². The molecule has 0 bridgehead atoms. The molecule has 3 aromatic carbocycles. The maximum Gasteiger partial charge on any atom is 0.343 e. The molecular formula is C37H47N3O7. The summed E-state index contributed by atoms with van der Waals surface area (Å²) in [6, 6.07) is 17.5. The Kier molecular flexibility index (Phi) is 14.9. The van der Waals surface area contributed by atoms with Gasteiger partial charge >= 0.3 is 5.97 Å². The van der Waals surface area contributed by atoms with Gasteiger partial charge < -0.3 is 29.7 Å². The van der Waals surface area contributed by atoms with E-state index in [0.29, 0.717) is 53.4 Å². The van der Waals surface area contributed by atoms with Crippen LogP contribution in [0.1, 0.15) is 78.7 Å². The highest BCUT2D eigenvalue weighted by molar-refractivity contribution is 5.98. The second-order valence-electron chi connectivity index (χ2n) is 11.7. The zero-order chi connectivity index (χ0) is 34.2. The highest BCUT2D eigenvalue weighted by atomic mass is 16.6. The van der Waals surface area contributed by atoms with Crippen molar-refractivity contribution in [3.8, 4) is 17.2 Å². The number of anilines is 1. The molecule has 252 valence electrons. The lowest BCUT2D eigenvalue weighted by Gasteiger charge is -2.17. The monoisotopic (exact) mass is 645 g/mol. The molecule has 1 atom stereocenters. The number of benzene rings is 3. The Bertz CT molecular complexity index is 1470. The highest BCUT2D eigenvalue weighted by Crippen LogP contribution is 2.30. The van der Waals surface area contributed by atoms with Gasteiger partial charge in [0.2, 0.25) is 5.91 Å². The van der Waals surface area contributed by atoms with Crippen molar-refractivity contribution in [1.29, 1.82) is 0 Å². The number of nitrogens with one attached hydrogen (secondary N) is 2. The van der Waals surface area contributed by atoms with Crippen molar-refractivity contribution in [2.45, 2.75) is 64.8 Å². The third-order valence-corrected chi connectivity index (χ3v) is 7.49. The van der Waals surface area contributed by atoms with Gasteiger partial charge in [-0.1, -0.05) is 38.7 Å². The summed E-state index contributed by atoms with van der Waals surface area (Å²) in [4.78, 5) is 52.3. The number of rotatable bonds is 19. The summed E-state index contributed by atoms with van der Waals surface area (Å²) in [5.74, 6) is -0.0654. The van der Waals surface area contributed by atoms with E-state index in [2.05, 4.69) is 17.6 Å². The molecule has 3 aromatic rings. The van der Waals surface area contributed by atoms with Crippen LogP contribution in [-0.4, -0.2) is 68.9 Å². The first-order valence-electron chi connectivity index (χ1n) is 16.1. The molecule has 0 fully saturated rings. The van der Waals surface area contributed by atoms with E-state index in [1.807, 2.05) is 19.0 Å². The van der Waals surface area contributed by atoms with Crippen LogP contribution in [0.2, 0.25) is 0 Å². The summed E-state index contributed by atoms with van der Waals surface area (Å²) < 4.78 is 16.9. The van der Waals surface area contributed by atoms with Crippen molar-refractivity contribution < 1.29 is 33.4 Å². The minimum Gasteiger partial charge on any atom is -0.494 e. The van der Waals surface area contributed by atoms with E-state index in [1.165, 1.54) is 33.3 Å². The Hall–Kier alpha value is -4.70. The van der Waals surface area contributed by atoms with Crippen LogP contribution in [0.5, 0.6) is 17.2 Å². The van der Waals surface area contributed by atoms with Crippen molar-refractivity contribution in [2.75, 3.05) is 39.7 Å². The predicted molar refractivity (Wildman–Crippen MR) is 183 cm³/mol. The normalized spacial score (nSPS) is 11.4. The SMILES string of the molecule is CCCCCCCOc1ccc(C(=O)Oc2ccc(CC(NC(=O)c3ccc(NC(=O)CCN(C)C)cc3)C(C)=O)cc2OC)cc1. The number of carbonyl (C=O) groups is 4. The smallest absolute Gasteiger partial charge is 0.343 e. The first-order valence-corrected chi connectivity index (χ1v) is 16.1. The van der Waals surface area contributed by atoms with Crippen LogP contribution < -0.4 is 24.8 Å². The topological polar surface area (TPSA) is 123 Å². The predicted octanol–water partition coefficient (Wildman–Crippen LogP) is 6.08. The van der Waals surface area contributed by atoms with E-state index < -0.39 is 17.9 Å². The van der Waals surface area contributed by atoms with Crippen molar-refractivity contribution in [3.05, 3.63) is 83.4 Å². The lowest BCUT2D eigenvalue weighted by atomic mass is 10.0. The van der Waals surface area contributed by atoms with E-state index in [-0.39, 0.29) is 23.9 Å². The molecule has 0 spiro atoms. The van der Waals surface area contributed by atoms with Crippen LogP contribution in [0, 0.1) is 0 Å². The maximum absolute atomic E-state index is 13.0. The number of Topliss-reactive ketones (excluding diaryl/α,β-unsaturated/α-hetero) is 1. The fraction of sp³-hybridized carbons (Fsp3) is 0.405. The molecule has 10 nitrogen and oxygen atoms in total.